The highest BCUT2D eigenvalue weighted by atomic mass is 32.2. The maximum Gasteiger partial charge on any atom is 0.399 e. The topological polar surface area (TPSA) is 106 Å². The minimum atomic E-state index is -4.13. The van der Waals surface area contributed by atoms with Crippen molar-refractivity contribution in [1.82, 2.24) is 0 Å². The maximum absolute atomic E-state index is 10.7. The summed E-state index contributed by atoms with van der Waals surface area (Å²) in [5.41, 5.74) is 2.29. The Morgan fingerprint density at radius 3 is 2.71 bits per heavy atom. The zero-order valence-corrected chi connectivity index (χ0v) is 12.6. The Balaban J connectivity index is 2.32. The van der Waals surface area contributed by atoms with E-state index in [1.807, 2.05) is 31.2 Å². The predicted octanol–water partition coefficient (Wildman–Crippen LogP) is 2.07. The highest BCUT2D eigenvalue weighted by Gasteiger charge is 2.17. The molecule has 0 aromatic heterocycles. The van der Waals surface area contributed by atoms with Gasteiger partial charge in [0.1, 0.15) is 11.1 Å². The molecule has 0 amide bonds. The summed E-state index contributed by atoms with van der Waals surface area (Å²) in [5, 5.41) is 17.8. The zero-order chi connectivity index (χ0) is 15.5. The van der Waals surface area contributed by atoms with Gasteiger partial charge in [-0.05, 0) is 30.2 Å². The van der Waals surface area contributed by atoms with Gasteiger partial charge in [-0.25, -0.2) is 0 Å². The number of rotatable bonds is 3. The van der Waals surface area contributed by atoms with Gasteiger partial charge in [-0.1, -0.05) is 41.2 Å². The van der Waals surface area contributed by atoms with E-state index in [0.717, 1.165) is 22.9 Å². The number of benzene rings is 1. The van der Waals surface area contributed by atoms with Crippen molar-refractivity contribution in [1.29, 1.82) is 5.26 Å². The van der Waals surface area contributed by atoms with Crippen LogP contribution >= 0.6 is 11.8 Å². The first-order valence-corrected chi connectivity index (χ1v) is 8.05. The normalized spacial score (nSPS) is 18.6. The Kier molecular flexibility index (Phi) is 4.47. The summed E-state index contributed by atoms with van der Waals surface area (Å²) < 4.78 is 25.5. The zero-order valence-electron chi connectivity index (χ0n) is 11.0. The molecule has 2 rings (SSSR count). The Morgan fingerprint density at radius 2 is 2.10 bits per heavy atom. The monoisotopic (exact) mass is 321 g/mol. The van der Waals surface area contributed by atoms with Gasteiger partial charge in [0.05, 0.1) is 5.57 Å². The van der Waals surface area contributed by atoms with Crippen LogP contribution in [0.25, 0.3) is 5.57 Å². The van der Waals surface area contributed by atoms with Gasteiger partial charge in [-0.3, -0.25) is 4.28 Å². The smallest absolute Gasteiger partial charge is 0.255 e. The summed E-state index contributed by atoms with van der Waals surface area (Å²) in [5.74, 6) is 0. The number of allylic oxidation sites excluding steroid dienone is 2. The molecule has 6 nitrogen and oxygen atoms in total. The molecule has 108 valence electrons. The Morgan fingerprint density at radius 1 is 1.38 bits per heavy atom. The lowest BCUT2D eigenvalue weighted by atomic mass is 10.0. The minimum Gasteiger partial charge on any atom is -0.255 e. The number of hydrogen-bond acceptors (Lipinski definition) is 6. The van der Waals surface area contributed by atoms with Crippen LogP contribution in [-0.2, 0) is 14.6 Å². The molecule has 0 fully saturated rings. The van der Waals surface area contributed by atoms with Crippen molar-refractivity contribution in [3.63, 3.8) is 0 Å². The highest BCUT2D eigenvalue weighted by molar-refractivity contribution is 8.18. The van der Waals surface area contributed by atoms with Crippen LogP contribution in [0.15, 0.2) is 46.5 Å². The average Bonchev–Trinajstić information content (AvgIpc) is 2.87. The van der Waals surface area contributed by atoms with Crippen LogP contribution in [0.4, 0.5) is 0 Å². The third kappa shape index (κ3) is 3.95. The van der Waals surface area contributed by atoms with Gasteiger partial charge in [0.25, 0.3) is 0 Å². The molecule has 2 N–H and O–H groups in total. The summed E-state index contributed by atoms with van der Waals surface area (Å²) in [6, 6.07) is 9.67. The maximum atomic E-state index is 10.7. The number of oxime groups is 1. The molecule has 0 saturated carbocycles. The van der Waals surface area contributed by atoms with Crippen LogP contribution in [0.5, 0.6) is 0 Å². The molecule has 0 spiro atoms. The van der Waals surface area contributed by atoms with E-state index in [1.165, 1.54) is 0 Å². The van der Waals surface area contributed by atoms with E-state index < -0.39 is 10.3 Å². The van der Waals surface area contributed by atoms with E-state index in [0.29, 0.717) is 15.5 Å². The van der Waals surface area contributed by atoms with E-state index in [4.69, 9.17) is 5.14 Å². The largest absolute Gasteiger partial charge is 0.399 e. The molecule has 1 heterocycles. The van der Waals surface area contributed by atoms with Crippen molar-refractivity contribution in [3.05, 3.63) is 52.4 Å². The van der Waals surface area contributed by atoms with Crippen molar-refractivity contribution < 1.29 is 12.7 Å². The van der Waals surface area contributed by atoms with Gasteiger partial charge >= 0.3 is 10.3 Å². The summed E-state index contributed by atoms with van der Waals surface area (Å²) in [4.78, 5) is 0.670. The van der Waals surface area contributed by atoms with Crippen molar-refractivity contribution in [2.45, 2.75) is 6.92 Å². The number of nitrogens with zero attached hydrogens (tertiary/aromatic N) is 2. The van der Waals surface area contributed by atoms with Gasteiger partial charge < -0.3 is 0 Å². The summed E-state index contributed by atoms with van der Waals surface area (Å²) >= 11 is 1.14. The van der Waals surface area contributed by atoms with Crippen LogP contribution in [0, 0.1) is 18.3 Å². The van der Waals surface area contributed by atoms with Crippen molar-refractivity contribution >= 4 is 32.7 Å². The lowest BCUT2D eigenvalue weighted by Gasteiger charge is -2.05. The minimum absolute atomic E-state index is 0.306. The average molecular weight is 321 g/mol. The van der Waals surface area contributed by atoms with Crippen molar-refractivity contribution in [2.75, 3.05) is 0 Å². The lowest BCUT2D eigenvalue weighted by Crippen LogP contribution is -2.13. The van der Waals surface area contributed by atoms with E-state index in [2.05, 4.69) is 15.5 Å². The van der Waals surface area contributed by atoms with E-state index in [-0.39, 0.29) is 0 Å². The molecule has 1 aromatic rings. The van der Waals surface area contributed by atoms with Crippen LogP contribution in [-0.4, -0.2) is 13.5 Å². The lowest BCUT2D eigenvalue weighted by molar-refractivity contribution is 0.341. The molecule has 21 heavy (non-hydrogen) atoms. The number of thioether (sulfide) groups is 1. The van der Waals surface area contributed by atoms with Crippen molar-refractivity contribution in [3.8, 4) is 6.07 Å². The van der Waals surface area contributed by atoms with Gasteiger partial charge in [-0.2, -0.15) is 18.8 Å². The first kappa shape index (κ1) is 15.3. The Hall–Kier alpha value is -2.08. The van der Waals surface area contributed by atoms with Gasteiger partial charge in [0.15, 0.2) is 0 Å². The molecular formula is C13H11N3O3S2. The predicted molar refractivity (Wildman–Crippen MR) is 82.1 cm³/mol. The SMILES string of the molecule is Cc1ccccc1/C(C#N)=C1C=C/C(=N\OS(N)(=O)=O)S/1. The second kappa shape index (κ2) is 6.13. The first-order chi connectivity index (χ1) is 9.90. The second-order valence-corrected chi connectivity index (χ2v) is 6.30. The van der Waals surface area contributed by atoms with Crippen LogP contribution in [0.1, 0.15) is 11.1 Å². The Labute approximate surface area is 126 Å². The van der Waals surface area contributed by atoms with Crippen molar-refractivity contribution in [2.24, 2.45) is 10.3 Å². The second-order valence-electron chi connectivity index (χ2n) is 4.10. The molecule has 0 unspecified atom stereocenters. The Bertz CT molecular complexity index is 802. The van der Waals surface area contributed by atoms with Gasteiger partial charge in [-0.15, -0.1) is 0 Å². The molecule has 8 heteroatoms. The fourth-order valence-electron chi connectivity index (χ4n) is 1.70. The molecule has 0 radical (unpaired) electrons. The molecule has 0 aliphatic carbocycles. The number of nitrogens with two attached hydrogens (primary N) is 1. The number of aryl methyl sites for hydroxylation is 1. The molecule has 0 atom stereocenters. The molecule has 1 aliphatic heterocycles. The summed E-state index contributed by atoms with van der Waals surface area (Å²) in [6.07, 6.45) is 3.24. The van der Waals surface area contributed by atoms with E-state index in [1.54, 1.807) is 12.2 Å². The summed E-state index contributed by atoms with van der Waals surface area (Å²) in [7, 11) is -4.13. The van der Waals surface area contributed by atoms with Crippen LogP contribution < -0.4 is 5.14 Å². The standard InChI is InChI=1S/C13H11N3O3S2/c1-9-4-2-3-5-10(9)11(8-14)12-6-7-13(20-12)16-19-21(15,17)18/h2-7H,1H3,(H2,15,17,18)/b12-11-,16-13+. The first-order valence-electron chi connectivity index (χ1n) is 5.76. The quantitative estimate of drug-likeness (QED) is 0.677. The van der Waals surface area contributed by atoms with Gasteiger partial charge in [0, 0.05) is 4.91 Å². The molecule has 0 bridgehead atoms. The molecule has 0 saturated heterocycles. The van der Waals surface area contributed by atoms with Crippen LogP contribution in [0.3, 0.4) is 0 Å². The van der Waals surface area contributed by atoms with E-state index in [9.17, 15) is 13.7 Å². The molecule has 1 aliphatic rings. The third-order valence-corrected chi connectivity index (χ3v) is 3.86. The fraction of sp³-hybridized carbons (Fsp3) is 0.0769. The molecule has 1 aromatic carbocycles. The van der Waals surface area contributed by atoms with Crippen LogP contribution in [0.2, 0.25) is 0 Å². The van der Waals surface area contributed by atoms with Gasteiger partial charge in [0.2, 0.25) is 0 Å². The summed E-state index contributed by atoms with van der Waals surface area (Å²) in [6.45, 7) is 1.91. The number of hydrogen-bond donors (Lipinski definition) is 1. The fourth-order valence-corrected chi connectivity index (χ4v) is 2.76. The molecular weight excluding hydrogens is 310 g/mol. The third-order valence-electron chi connectivity index (χ3n) is 2.60. The number of nitriles is 1. The van der Waals surface area contributed by atoms with E-state index >= 15 is 0 Å². The highest BCUT2D eigenvalue weighted by Crippen LogP contribution is 2.34.